The van der Waals surface area contributed by atoms with Crippen LogP contribution in [0.4, 0.5) is 13.2 Å². The number of hydrogen-bond acceptors (Lipinski definition) is 3. The van der Waals surface area contributed by atoms with Gasteiger partial charge in [-0.15, -0.1) is 24.5 Å². The van der Waals surface area contributed by atoms with E-state index in [-0.39, 0.29) is 5.56 Å². The van der Waals surface area contributed by atoms with Crippen molar-refractivity contribution in [2.24, 2.45) is 0 Å². The SMILES string of the molecule is Cc1csc(C(O)c2ccccc2OC(F)(F)F)c1Cl. The number of halogens is 4. The van der Waals surface area contributed by atoms with Gasteiger partial charge in [-0.1, -0.05) is 29.8 Å². The van der Waals surface area contributed by atoms with Gasteiger partial charge in [-0.05, 0) is 23.9 Å². The van der Waals surface area contributed by atoms with Crippen LogP contribution >= 0.6 is 22.9 Å². The van der Waals surface area contributed by atoms with E-state index in [1.165, 1.54) is 29.5 Å². The second kappa shape index (κ2) is 5.63. The zero-order valence-electron chi connectivity index (χ0n) is 10.2. The summed E-state index contributed by atoms with van der Waals surface area (Å²) in [6, 6.07) is 5.45. The van der Waals surface area contributed by atoms with Crippen LogP contribution < -0.4 is 4.74 Å². The monoisotopic (exact) mass is 322 g/mol. The highest BCUT2D eigenvalue weighted by atomic mass is 35.5. The van der Waals surface area contributed by atoms with Crippen molar-refractivity contribution in [2.45, 2.75) is 19.4 Å². The van der Waals surface area contributed by atoms with Crippen molar-refractivity contribution in [1.29, 1.82) is 0 Å². The Morgan fingerprint density at radius 2 is 1.95 bits per heavy atom. The molecule has 108 valence electrons. The zero-order chi connectivity index (χ0) is 14.9. The van der Waals surface area contributed by atoms with Gasteiger partial charge in [0, 0.05) is 5.56 Å². The fourth-order valence-corrected chi connectivity index (χ4v) is 3.00. The number of alkyl halides is 3. The van der Waals surface area contributed by atoms with E-state index >= 15 is 0 Å². The summed E-state index contributed by atoms with van der Waals surface area (Å²) in [6.07, 6.45) is -6.08. The molecule has 1 N–H and O–H groups in total. The molecule has 0 spiro atoms. The number of benzene rings is 1. The third-order valence-electron chi connectivity index (χ3n) is 2.61. The number of ether oxygens (including phenoxy) is 1. The standard InChI is InChI=1S/C13H10ClF3O2S/c1-7-6-20-12(10(7)14)11(18)8-4-2-3-5-9(8)19-13(15,16)17/h2-6,11,18H,1H3. The normalized spacial score (nSPS) is 13.3. The minimum Gasteiger partial charge on any atom is -0.405 e. The molecule has 0 fully saturated rings. The van der Waals surface area contributed by atoms with Crippen LogP contribution in [0, 0.1) is 6.92 Å². The third kappa shape index (κ3) is 3.26. The van der Waals surface area contributed by atoms with Crippen molar-refractivity contribution in [3.05, 3.63) is 50.7 Å². The van der Waals surface area contributed by atoms with Crippen molar-refractivity contribution in [3.8, 4) is 5.75 Å². The van der Waals surface area contributed by atoms with Crippen LogP contribution in [-0.2, 0) is 0 Å². The summed E-state index contributed by atoms with van der Waals surface area (Å²) in [4.78, 5) is 0.391. The van der Waals surface area contributed by atoms with E-state index in [0.717, 1.165) is 11.6 Å². The van der Waals surface area contributed by atoms with Crippen LogP contribution in [-0.4, -0.2) is 11.5 Å². The number of aryl methyl sites for hydroxylation is 1. The largest absolute Gasteiger partial charge is 0.573 e. The lowest BCUT2D eigenvalue weighted by atomic mass is 10.1. The van der Waals surface area contributed by atoms with Crippen LogP contribution in [0.2, 0.25) is 5.02 Å². The average molecular weight is 323 g/mol. The molecule has 0 saturated carbocycles. The maximum Gasteiger partial charge on any atom is 0.573 e. The first-order valence-electron chi connectivity index (χ1n) is 5.56. The first kappa shape index (κ1) is 15.2. The van der Waals surface area contributed by atoms with Gasteiger partial charge in [-0.3, -0.25) is 0 Å². The van der Waals surface area contributed by atoms with Gasteiger partial charge in [0.2, 0.25) is 0 Å². The van der Waals surface area contributed by atoms with Crippen molar-refractivity contribution >= 4 is 22.9 Å². The van der Waals surface area contributed by atoms with E-state index < -0.39 is 18.2 Å². The van der Waals surface area contributed by atoms with Crippen molar-refractivity contribution in [3.63, 3.8) is 0 Å². The molecule has 0 saturated heterocycles. The minimum absolute atomic E-state index is 0.0218. The smallest absolute Gasteiger partial charge is 0.405 e. The summed E-state index contributed by atoms with van der Waals surface area (Å²) in [5.41, 5.74) is 0.786. The third-order valence-corrected chi connectivity index (χ3v) is 4.38. The van der Waals surface area contributed by atoms with E-state index in [1.54, 1.807) is 12.3 Å². The number of thiophene rings is 1. The Balaban J connectivity index is 2.40. The van der Waals surface area contributed by atoms with Crippen molar-refractivity contribution in [1.82, 2.24) is 0 Å². The summed E-state index contributed by atoms with van der Waals surface area (Å²) in [6.45, 7) is 1.76. The van der Waals surface area contributed by atoms with Crippen LogP contribution in [0.1, 0.15) is 22.1 Å². The lowest BCUT2D eigenvalue weighted by Crippen LogP contribution is -2.18. The van der Waals surface area contributed by atoms with E-state index in [2.05, 4.69) is 4.74 Å². The number of rotatable bonds is 3. The van der Waals surface area contributed by atoms with E-state index in [1.807, 2.05) is 0 Å². The summed E-state index contributed by atoms with van der Waals surface area (Å²) < 4.78 is 41.0. The topological polar surface area (TPSA) is 29.5 Å². The summed E-state index contributed by atoms with van der Waals surface area (Å²) in [5, 5.41) is 12.3. The Bertz CT molecular complexity index is 610. The van der Waals surface area contributed by atoms with Gasteiger partial charge in [0.1, 0.15) is 11.9 Å². The molecule has 1 aromatic carbocycles. The van der Waals surface area contributed by atoms with Gasteiger partial charge in [0.15, 0.2) is 0 Å². The van der Waals surface area contributed by atoms with Crippen LogP contribution in [0.5, 0.6) is 5.75 Å². The molecule has 2 nitrogen and oxygen atoms in total. The Kier molecular flexibility index (Phi) is 4.27. The molecular weight excluding hydrogens is 313 g/mol. The molecule has 0 radical (unpaired) electrons. The van der Waals surface area contributed by atoms with Gasteiger partial charge in [0.05, 0.1) is 9.90 Å². The maximum atomic E-state index is 12.3. The summed E-state index contributed by atoms with van der Waals surface area (Å²) >= 11 is 7.21. The molecule has 7 heteroatoms. The van der Waals surface area contributed by atoms with E-state index in [0.29, 0.717) is 9.90 Å². The summed E-state index contributed by atoms with van der Waals surface area (Å²) in [7, 11) is 0. The van der Waals surface area contributed by atoms with Crippen molar-refractivity contribution in [2.75, 3.05) is 0 Å². The molecule has 20 heavy (non-hydrogen) atoms. The molecule has 1 aromatic heterocycles. The first-order chi connectivity index (χ1) is 9.29. The zero-order valence-corrected chi connectivity index (χ0v) is 11.8. The van der Waals surface area contributed by atoms with Crippen LogP contribution in [0.3, 0.4) is 0 Å². The summed E-state index contributed by atoms with van der Waals surface area (Å²) in [5.74, 6) is -0.436. The molecule has 0 aliphatic heterocycles. The van der Waals surface area contributed by atoms with Gasteiger partial charge in [-0.2, -0.15) is 0 Å². The minimum atomic E-state index is -4.81. The molecule has 0 aliphatic carbocycles. The lowest BCUT2D eigenvalue weighted by Gasteiger charge is -2.16. The Labute approximate surface area is 122 Å². The second-order valence-electron chi connectivity index (χ2n) is 4.09. The molecular formula is C13H10ClF3O2S. The Morgan fingerprint density at radius 1 is 1.30 bits per heavy atom. The highest BCUT2D eigenvalue weighted by Gasteiger charge is 2.33. The van der Waals surface area contributed by atoms with Crippen LogP contribution in [0.25, 0.3) is 0 Å². The molecule has 2 aromatic rings. The fraction of sp³-hybridized carbons (Fsp3) is 0.231. The van der Waals surface area contributed by atoms with E-state index in [9.17, 15) is 18.3 Å². The first-order valence-corrected chi connectivity index (χ1v) is 6.81. The molecule has 0 bridgehead atoms. The molecule has 1 unspecified atom stereocenters. The molecule has 0 amide bonds. The Morgan fingerprint density at radius 3 is 2.50 bits per heavy atom. The maximum absolute atomic E-state index is 12.3. The van der Waals surface area contributed by atoms with Gasteiger partial charge in [0.25, 0.3) is 0 Å². The number of aliphatic hydroxyl groups excluding tert-OH is 1. The second-order valence-corrected chi connectivity index (χ2v) is 5.37. The molecule has 1 atom stereocenters. The molecule has 0 aliphatic rings. The van der Waals surface area contributed by atoms with Gasteiger partial charge >= 0.3 is 6.36 Å². The van der Waals surface area contributed by atoms with Gasteiger partial charge < -0.3 is 9.84 Å². The lowest BCUT2D eigenvalue weighted by molar-refractivity contribution is -0.275. The number of hydrogen-bond donors (Lipinski definition) is 1. The van der Waals surface area contributed by atoms with Crippen molar-refractivity contribution < 1.29 is 23.0 Å². The van der Waals surface area contributed by atoms with Gasteiger partial charge in [-0.25, -0.2) is 0 Å². The number of para-hydroxylation sites is 1. The quantitative estimate of drug-likeness (QED) is 0.888. The molecule has 2 rings (SSSR count). The Hall–Kier alpha value is -1.24. The average Bonchev–Trinajstić information content (AvgIpc) is 2.68. The predicted octanol–water partition coefficient (Wildman–Crippen LogP) is 4.69. The predicted molar refractivity (Wildman–Crippen MR) is 71.3 cm³/mol. The highest BCUT2D eigenvalue weighted by Crippen LogP contribution is 2.39. The fourth-order valence-electron chi connectivity index (χ4n) is 1.70. The van der Waals surface area contributed by atoms with E-state index in [4.69, 9.17) is 11.6 Å². The van der Waals surface area contributed by atoms with Crippen LogP contribution in [0.15, 0.2) is 29.6 Å². The number of aliphatic hydroxyl groups is 1. The molecule has 1 heterocycles. The highest BCUT2D eigenvalue weighted by molar-refractivity contribution is 7.10.